The van der Waals surface area contributed by atoms with Gasteiger partial charge in [-0.1, -0.05) is 36.4 Å². The van der Waals surface area contributed by atoms with Crippen molar-refractivity contribution in [1.29, 1.82) is 0 Å². The number of aliphatic hydroxyl groups excluding tert-OH is 1. The Morgan fingerprint density at radius 1 is 0.927 bits per heavy atom. The molecule has 1 aliphatic heterocycles. The van der Waals surface area contributed by atoms with E-state index < -0.39 is 6.29 Å². The Kier molecular flexibility index (Phi) is 9.43. The van der Waals surface area contributed by atoms with Crippen LogP contribution in [0, 0.1) is 0 Å². The Balaban J connectivity index is 1.32. The maximum Gasteiger partial charge on any atom is 0.257 e. The summed E-state index contributed by atoms with van der Waals surface area (Å²) in [5.74, 6) is 0.342. The Hall–Kier alpha value is -4.02. The molecule has 1 saturated heterocycles. The maximum absolute atomic E-state index is 12.7. The van der Waals surface area contributed by atoms with E-state index in [1.807, 2.05) is 72.8 Å². The van der Waals surface area contributed by atoms with Crippen LogP contribution in [0.25, 0.3) is 0 Å². The summed E-state index contributed by atoms with van der Waals surface area (Å²) >= 11 is 1.68. The minimum Gasteiger partial charge on any atom is -0.392 e. The largest absolute Gasteiger partial charge is 0.392 e. The Morgan fingerprint density at radius 3 is 2.44 bits per heavy atom. The minimum atomic E-state index is -0.644. The number of aromatic nitrogens is 1. The summed E-state index contributed by atoms with van der Waals surface area (Å²) in [7, 11) is 0. The second-order valence-electron chi connectivity index (χ2n) is 9.69. The van der Waals surface area contributed by atoms with Crippen molar-refractivity contribution in [1.82, 2.24) is 4.98 Å². The molecule has 0 spiro atoms. The second kappa shape index (κ2) is 13.6. The molecule has 3 N–H and O–H groups in total. The Labute approximate surface area is 243 Å². The SMILES string of the molecule is CC(=O)Nc1ccc(SCC2CC(c3ccc(CO)cc3)OC(c3cccc(NC(=O)c4cccnc4)c3)O2)cc1. The second-order valence-corrected chi connectivity index (χ2v) is 10.8. The van der Waals surface area contributed by atoms with Crippen LogP contribution in [0.1, 0.15) is 52.8 Å². The van der Waals surface area contributed by atoms with Crippen LogP contribution in [-0.2, 0) is 20.9 Å². The van der Waals surface area contributed by atoms with Gasteiger partial charge in [0.05, 0.1) is 24.4 Å². The molecule has 0 radical (unpaired) electrons. The highest BCUT2D eigenvalue weighted by Gasteiger charge is 2.32. The lowest BCUT2D eigenvalue weighted by Gasteiger charge is -2.36. The molecule has 210 valence electrons. The average Bonchev–Trinajstić information content (AvgIpc) is 3.01. The highest BCUT2D eigenvalue weighted by molar-refractivity contribution is 7.99. The summed E-state index contributed by atoms with van der Waals surface area (Å²) in [4.78, 5) is 29.1. The molecule has 3 atom stereocenters. The third-order valence-corrected chi connectivity index (χ3v) is 7.71. The topological polar surface area (TPSA) is 110 Å². The fourth-order valence-electron chi connectivity index (χ4n) is 4.51. The van der Waals surface area contributed by atoms with Crippen LogP contribution in [0.2, 0.25) is 0 Å². The molecule has 1 aromatic heterocycles. The third-order valence-electron chi connectivity index (χ3n) is 6.57. The number of benzene rings is 3. The summed E-state index contributed by atoms with van der Waals surface area (Å²) in [6, 6.07) is 26.4. The lowest BCUT2D eigenvalue weighted by Crippen LogP contribution is -2.31. The molecule has 0 aliphatic carbocycles. The van der Waals surface area contributed by atoms with Gasteiger partial charge in [-0.15, -0.1) is 11.8 Å². The van der Waals surface area contributed by atoms with Crippen LogP contribution < -0.4 is 10.6 Å². The Bertz CT molecular complexity index is 1470. The number of thioether (sulfide) groups is 1. The molecule has 1 aliphatic rings. The zero-order valence-corrected chi connectivity index (χ0v) is 23.3. The van der Waals surface area contributed by atoms with Crippen molar-refractivity contribution in [2.45, 2.75) is 43.3 Å². The summed E-state index contributed by atoms with van der Waals surface area (Å²) in [5, 5.41) is 15.2. The molecular formula is C32H31N3O5S. The number of nitrogens with zero attached hydrogens (tertiary/aromatic N) is 1. The van der Waals surface area contributed by atoms with Gasteiger partial charge in [0.15, 0.2) is 6.29 Å². The number of carbonyl (C=O) groups is 2. The molecule has 3 unspecified atom stereocenters. The number of amides is 2. The van der Waals surface area contributed by atoms with E-state index in [2.05, 4.69) is 15.6 Å². The lowest BCUT2D eigenvalue weighted by atomic mass is 10.0. The van der Waals surface area contributed by atoms with Crippen molar-refractivity contribution >= 4 is 35.0 Å². The number of anilines is 2. The van der Waals surface area contributed by atoms with Gasteiger partial charge in [0.1, 0.15) is 0 Å². The van der Waals surface area contributed by atoms with Crippen LogP contribution in [0.15, 0.2) is 102 Å². The number of rotatable bonds is 9. The first-order valence-electron chi connectivity index (χ1n) is 13.3. The van der Waals surface area contributed by atoms with E-state index in [9.17, 15) is 14.7 Å². The number of aliphatic hydroxyl groups is 1. The third kappa shape index (κ3) is 7.80. The first kappa shape index (κ1) is 28.5. The van der Waals surface area contributed by atoms with Gasteiger partial charge in [0, 0.05) is 53.3 Å². The molecule has 2 amide bonds. The predicted molar refractivity (Wildman–Crippen MR) is 159 cm³/mol. The number of nitrogens with one attached hydrogen (secondary N) is 2. The summed E-state index contributed by atoms with van der Waals surface area (Å²) in [5.41, 5.74) is 4.49. The van der Waals surface area contributed by atoms with Gasteiger partial charge in [-0.25, -0.2) is 0 Å². The average molecular weight is 570 g/mol. The molecule has 0 bridgehead atoms. The van der Waals surface area contributed by atoms with Gasteiger partial charge in [0.2, 0.25) is 5.91 Å². The molecule has 5 rings (SSSR count). The summed E-state index contributed by atoms with van der Waals surface area (Å²) < 4.78 is 12.9. The van der Waals surface area contributed by atoms with Crippen LogP contribution in [0.5, 0.6) is 0 Å². The molecular weight excluding hydrogens is 538 g/mol. The summed E-state index contributed by atoms with van der Waals surface area (Å²) in [6.45, 7) is 1.47. The molecule has 4 aromatic rings. The first-order chi connectivity index (χ1) is 20.0. The zero-order chi connectivity index (χ0) is 28.6. The van der Waals surface area contributed by atoms with Crippen molar-refractivity contribution in [3.63, 3.8) is 0 Å². The van der Waals surface area contributed by atoms with Gasteiger partial charge < -0.3 is 25.2 Å². The highest BCUT2D eigenvalue weighted by Crippen LogP contribution is 2.40. The van der Waals surface area contributed by atoms with E-state index >= 15 is 0 Å². The van der Waals surface area contributed by atoms with Crippen molar-refractivity contribution in [2.24, 2.45) is 0 Å². The predicted octanol–water partition coefficient (Wildman–Crippen LogP) is 6.12. The van der Waals surface area contributed by atoms with E-state index in [1.54, 1.807) is 30.1 Å². The van der Waals surface area contributed by atoms with E-state index in [0.717, 1.165) is 27.3 Å². The maximum atomic E-state index is 12.7. The molecule has 8 nitrogen and oxygen atoms in total. The molecule has 9 heteroatoms. The van der Waals surface area contributed by atoms with E-state index in [1.165, 1.54) is 13.1 Å². The van der Waals surface area contributed by atoms with Crippen molar-refractivity contribution < 1.29 is 24.2 Å². The van der Waals surface area contributed by atoms with Crippen molar-refractivity contribution in [3.8, 4) is 0 Å². The van der Waals surface area contributed by atoms with Gasteiger partial charge in [-0.05, 0) is 59.7 Å². The standard InChI is InChI=1S/C32H31N3O5S/c1-21(37)34-26-11-13-29(14-12-26)41-20-28-17-30(23-9-7-22(19-36)8-10-23)40-32(39-28)24-4-2-6-27(16-24)35-31(38)25-5-3-15-33-18-25/h2-16,18,28,30,32,36H,17,19-20H2,1H3,(H,34,37)(H,35,38). The van der Waals surface area contributed by atoms with Gasteiger partial charge in [0.25, 0.3) is 5.91 Å². The smallest absolute Gasteiger partial charge is 0.257 e. The number of ether oxygens (including phenoxy) is 2. The number of carbonyl (C=O) groups excluding carboxylic acids is 2. The van der Waals surface area contributed by atoms with E-state index in [4.69, 9.17) is 9.47 Å². The molecule has 2 heterocycles. The van der Waals surface area contributed by atoms with Gasteiger partial charge in [-0.2, -0.15) is 0 Å². The lowest BCUT2D eigenvalue weighted by molar-refractivity contribution is -0.245. The normalized spacial score (nSPS) is 18.4. The fourth-order valence-corrected chi connectivity index (χ4v) is 5.43. The highest BCUT2D eigenvalue weighted by atomic mass is 32.2. The van der Waals surface area contributed by atoms with Crippen LogP contribution in [0.3, 0.4) is 0 Å². The van der Waals surface area contributed by atoms with Gasteiger partial charge >= 0.3 is 0 Å². The number of hydrogen-bond donors (Lipinski definition) is 3. The number of hydrogen-bond acceptors (Lipinski definition) is 7. The Morgan fingerprint density at radius 2 is 1.73 bits per heavy atom. The molecule has 41 heavy (non-hydrogen) atoms. The molecule has 0 saturated carbocycles. The molecule has 3 aromatic carbocycles. The van der Waals surface area contributed by atoms with Crippen molar-refractivity contribution in [3.05, 3.63) is 120 Å². The summed E-state index contributed by atoms with van der Waals surface area (Å²) in [6.07, 6.45) is 2.82. The van der Waals surface area contributed by atoms with Crippen LogP contribution in [0.4, 0.5) is 11.4 Å². The van der Waals surface area contributed by atoms with Gasteiger partial charge in [-0.3, -0.25) is 14.6 Å². The zero-order valence-electron chi connectivity index (χ0n) is 22.5. The van der Waals surface area contributed by atoms with E-state index in [-0.39, 0.29) is 30.6 Å². The van der Waals surface area contributed by atoms with Crippen LogP contribution in [-0.4, -0.2) is 33.8 Å². The first-order valence-corrected chi connectivity index (χ1v) is 14.3. The number of pyridine rings is 1. The van der Waals surface area contributed by atoms with Crippen LogP contribution >= 0.6 is 11.8 Å². The minimum absolute atomic E-state index is 0.0188. The van der Waals surface area contributed by atoms with Crippen molar-refractivity contribution in [2.75, 3.05) is 16.4 Å². The quantitative estimate of drug-likeness (QED) is 0.208. The van der Waals surface area contributed by atoms with E-state index in [0.29, 0.717) is 23.4 Å². The fraction of sp³-hybridized carbons (Fsp3) is 0.219. The monoisotopic (exact) mass is 569 g/mol. The molecule has 1 fully saturated rings.